The number of benzene rings is 2. The van der Waals surface area contributed by atoms with Crippen molar-refractivity contribution in [1.29, 1.82) is 0 Å². The maximum atomic E-state index is 13.3. The summed E-state index contributed by atoms with van der Waals surface area (Å²) in [5, 5.41) is 17.1. The summed E-state index contributed by atoms with van der Waals surface area (Å²) in [6.07, 6.45) is -0.00115. The van der Waals surface area contributed by atoms with Gasteiger partial charge in [0.15, 0.2) is 0 Å². The molecule has 0 aliphatic carbocycles. The van der Waals surface area contributed by atoms with Crippen LogP contribution in [-0.4, -0.2) is 66.9 Å². The summed E-state index contributed by atoms with van der Waals surface area (Å²) >= 11 is 0. The molecule has 0 unspecified atom stereocenters. The van der Waals surface area contributed by atoms with Gasteiger partial charge in [0.25, 0.3) is 5.91 Å². The van der Waals surface area contributed by atoms with Gasteiger partial charge < -0.3 is 25.0 Å². The second-order valence-electron chi connectivity index (χ2n) is 9.71. The molecule has 0 saturated heterocycles. The fourth-order valence-electron chi connectivity index (χ4n) is 5.01. The van der Waals surface area contributed by atoms with Gasteiger partial charge in [-0.3, -0.25) is 19.6 Å². The molecule has 2 aromatic heterocycles. The maximum Gasteiger partial charge on any atom is 0.407 e. The van der Waals surface area contributed by atoms with Crippen molar-refractivity contribution in [2.75, 3.05) is 25.0 Å². The Balaban J connectivity index is 1.44. The van der Waals surface area contributed by atoms with Crippen molar-refractivity contribution in [1.82, 2.24) is 24.2 Å². The molecule has 12 nitrogen and oxygen atoms in total. The first kappa shape index (κ1) is 26.7. The highest BCUT2D eigenvalue weighted by atomic mass is 16.5. The summed E-state index contributed by atoms with van der Waals surface area (Å²) < 4.78 is 9.47. The van der Waals surface area contributed by atoms with E-state index in [4.69, 9.17) is 10.5 Å². The van der Waals surface area contributed by atoms with E-state index in [1.165, 1.54) is 4.90 Å². The molecule has 1 aliphatic heterocycles. The van der Waals surface area contributed by atoms with Crippen LogP contribution in [0, 0.1) is 6.92 Å². The number of carbonyl (C=O) groups is 3. The van der Waals surface area contributed by atoms with E-state index in [9.17, 15) is 19.5 Å². The van der Waals surface area contributed by atoms with Gasteiger partial charge in [-0.05, 0) is 50.5 Å². The average Bonchev–Trinajstić information content (AvgIpc) is 3.50. The first-order valence-corrected chi connectivity index (χ1v) is 13.1. The van der Waals surface area contributed by atoms with Gasteiger partial charge in [0.05, 0.1) is 17.3 Å². The number of amides is 3. The molecule has 3 heterocycles. The van der Waals surface area contributed by atoms with E-state index in [2.05, 4.69) is 15.4 Å². The predicted octanol–water partition coefficient (Wildman–Crippen LogP) is 3.46. The number of primary amides is 1. The zero-order valence-electron chi connectivity index (χ0n) is 22.3. The van der Waals surface area contributed by atoms with Gasteiger partial charge in [0.1, 0.15) is 23.6 Å². The van der Waals surface area contributed by atoms with E-state index < -0.39 is 12.0 Å². The lowest BCUT2D eigenvalue weighted by atomic mass is 10.1. The van der Waals surface area contributed by atoms with Gasteiger partial charge in [-0.1, -0.05) is 30.3 Å². The van der Waals surface area contributed by atoms with E-state index in [1.54, 1.807) is 22.9 Å². The third-order valence-electron chi connectivity index (χ3n) is 7.01. The third kappa shape index (κ3) is 5.33. The van der Waals surface area contributed by atoms with Crippen molar-refractivity contribution in [3.8, 4) is 5.75 Å². The first-order valence-electron chi connectivity index (χ1n) is 13.1. The Hall–Kier alpha value is -4.87. The zero-order chi connectivity index (χ0) is 28.4. The molecule has 1 aliphatic rings. The molecule has 0 radical (unpaired) electrons. The summed E-state index contributed by atoms with van der Waals surface area (Å²) in [7, 11) is 0. The van der Waals surface area contributed by atoms with Crippen molar-refractivity contribution in [2.24, 2.45) is 5.73 Å². The van der Waals surface area contributed by atoms with E-state index in [1.807, 2.05) is 48.7 Å². The number of aryl methyl sites for hydroxylation is 2. The number of nitrogens with two attached hydrogens (primary N) is 1. The molecule has 5 rings (SSSR count). The van der Waals surface area contributed by atoms with Crippen molar-refractivity contribution < 1.29 is 24.2 Å². The molecule has 4 aromatic rings. The van der Waals surface area contributed by atoms with E-state index in [0.29, 0.717) is 54.1 Å². The Bertz CT molecular complexity index is 1580. The lowest BCUT2D eigenvalue weighted by molar-refractivity contribution is 0.0995. The number of rotatable bonds is 10. The van der Waals surface area contributed by atoms with Crippen LogP contribution in [-0.2, 0) is 13.0 Å². The van der Waals surface area contributed by atoms with Crippen molar-refractivity contribution in [3.05, 3.63) is 71.0 Å². The third-order valence-corrected chi connectivity index (χ3v) is 7.01. The van der Waals surface area contributed by atoms with Gasteiger partial charge in [-0.2, -0.15) is 5.10 Å². The Labute approximate surface area is 230 Å². The van der Waals surface area contributed by atoms with Crippen molar-refractivity contribution in [2.45, 2.75) is 39.3 Å². The number of carbonyl (C=O) groups excluding carboxylic acids is 2. The molecular formula is C28H31N7O5. The van der Waals surface area contributed by atoms with Gasteiger partial charge in [0.2, 0.25) is 11.9 Å². The van der Waals surface area contributed by atoms with Crippen molar-refractivity contribution >= 4 is 34.9 Å². The van der Waals surface area contributed by atoms with Crippen LogP contribution in [0.2, 0.25) is 0 Å². The second kappa shape index (κ2) is 11.1. The lowest BCUT2D eigenvalue weighted by Gasteiger charge is -2.29. The molecule has 3 amide bonds. The number of hydrogen-bond acceptors (Lipinski definition) is 6. The normalized spacial score (nSPS) is 14.1. The topological polar surface area (TPSA) is 158 Å². The smallest absolute Gasteiger partial charge is 0.407 e. The predicted molar refractivity (Wildman–Crippen MR) is 148 cm³/mol. The van der Waals surface area contributed by atoms with Crippen LogP contribution in [0.25, 0.3) is 11.0 Å². The Morgan fingerprint density at radius 3 is 2.65 bits per heavy atom. The fraction of sp³-hybridized carbons (Fsp3) is 0.321. The molecule has 0 saturated carbocycles. The quantitative estimate of drug-likeness (QED) is 0.275. The highest BCUT2D eigenvalue weighted by molar-refractivity contribution is 6.04. The number of hydrogen-bond donors (Lipinski definition) is 3. The largest absolute Gasteiger partial charge is 0.489 e. The minimum atomic E-state index is -1.01. The summed E-state index contributed by atoms with van der Waals surface area (Å²) in [5.74, 6) is -0.319. The van der Waals surface area contributed by atoms with E-state index >= 15 is 0 Å². The van der Waals surface area contributed by atoms with E-state index in [-0.39, 0.29) is 36.6 Å². The Kier molecular flexibility index (Phi) is 7.41. The van der Waals surface area contributed by atoms with Gasteiger partial charge in [-0.25, -0.2) is 9.78 Å². The molecular weight excluding hydrogens is 514 g/mol. The van der Waals surface area contributed by atoms with Crippen LogP contribution in [0.15, 0.2) is 48.5 Å². The minimum absolute atomic E-state index is 0.196. The lowest BCUT2D eigenvalue weighted by Crippen LogP contribution is -2.35. The van der Waals surface area contributed by atoms with Crippen molar-refractivity contribution in [3.63, 3.8) is 0 Å². The van der Waals surface area contributed by atoms with Crippen LogP contribution in [0.1, 0.15) is 51.5 Å². The monoisotopic (exact) mass is 545 g/mol. The molecule has 208 valence electrons. The molecule has 4 N–H and O–H groups in total. The molecule has 0 fully saturated rings. The summed E-state index contributed by atoms with van der Waals surface area (Å²) in [5.41, 5.74) is 8.95. The highest BCUT2D eigenvalue weighted by Crippen LogP contribution is 2.38. The van der Waals surface area contributed by atoms with Gasteiger partial charge in [-0.15, -0.1) is 0 Å². The Morgan fingerprint density at radius 2 is 1.95 bits per heavy atom. The van der Waals surface area contributed by atoms with Gasteiger partial charge >= 0.3 is 6.09 Å². The van der Waals surface area contributed by atoms with Gasteiger partial charge in [0, 0.05) is 25.2 Å². The number of anilines is 1. The summed E-state index contributed by atoms with van der Waals surface area (Å²) in [6, 6.07) is 14.2. The van der Waals surface area contributed by atoms with Crippen LogP contribution in [0.3, 0.4) is 0 Å². The zero-order valence-corrected chi connectivity index (χ0v) is 22.3. The van der Waals surface area contributed by atoms with Crippen LogP contribution in [0.5, 0.6) is 5.75 Å². The maximum absolute atomic E-state index is 13.3. The second-order valence-corrected chi connectivity index (χ2v) is 9.71. The first-order chi connectivity index (χ1) is 19.2. The minimum Gasteiger partial charge on any atom is -0.489 e. The molecule has 0 bridgehead atoms. The fourth-order valence-corrected chi connectivity index (χ4v) is 5.01. The SMILES string of the molecule is CCn1nc(C)cc1C(=O)Nc1nc2cc(C(N)=O)cc3c2n1[C@@H](CCN(CCc1ccccc1)C(=O)O)CO3. The number of nitrogens with zero attached hydrogens (tertiary/aromatic N) is 5. The number of imidazole rings is 1. The van der Waals surface area contributed by atoms with Crippen LogP contribution >= 0.6 is 0 Å². The molecule has 40 heavy (non-hydrogen) atoms. The number of ether oxygens (including phenoxy) is 1. The average molecular weight is 546 g/mol. The molecule has 1 atom stereocenters. The highest BCUT2D eigenvalue weighted by Gasteiger charge is 2.30. The molecule has 2 aromatic carbocycles. The molecule has 0 spiro atoms. The van der Waals surface area contributed by atoms with Crippen LogP contribution < -0.4 is 15.8 Å². The standard InChI is InChI=1S/C28H31N7O5/c1-3-34-22(13-17(2)32-34)26(37)31-27-30-21-14-19(25(29)36)15-23-24(21)35(27)20(16-40-23)10-12-33(28(38)39)11-9-18-7-5-4-6-8-18/h4-8,13-15,20H,3,9-12,16H2,1-2H3,(H2,29,36)(H,38,39)(H,30,31,37)/t20-/m0/s1. The number of carboxylic acid groups (broad SMARTS) is 1. The Morgan fingerprint density at radius 1 is 1.18 bits per heavy atom. The summed E-state index contributed by atoms with van der Waals surface area (Å²) in [6.45, 7) is 5.02. The molecule has 12 heteroatoms. The number of aromatic nitrogens is 4. The number of nitrogens with one attached hydrogen (secondary N) is 1. The summed E-state index contributed by atoms with van der Waals surface area (Å²) in [4.78, 5) is 43.3. The van der Waals surface area contributed by atoms with Crippen LogP contribution in [0.4, 0.5) is 10.7 Å². The van der Waals surface area contributed by atoms with E-state index in [0.717, 1.165) is 5.56 Å².